The summed E-state index contributed by atoms with van der Waals surface area (Å²) in [7, 11) is 0. The molecule has 0 radical (unpaired) electrons. The summed E-state index contributed by atoms with van der Waals surface area (Å²) in [6.07, 6.45) is 7.44. The third kappa shape index (κ3) is 3.95. The first-order valence-corrected chi connectivity index (χ1v) is 11.8. The zero-order chi connectivity index (χ0) is 22.9. The molecule has 2 aromatic carbocycles. The number of carbonyl (C=O) groups excluding carboxylic acids is 1. The van der Waals surface area contributed by atoms with Crippen molar-refractivity contribution < 1.29 is 4.79 Å². The quantitative estimate of drug-likeness (QED) is 0.337. The van der Waals surface area contributed by atoms with Crippen molar-refractivity contribution in [1.82, 2.24) is 25.1 Å². The van der Waals surface area contributed by atoms with E-state index in [2.05, 4.69) is 54.6 Å². The molecule has 1 aliphatic rings. The van der Waals surface area contributed by atoms with Crippen LogP contribution in [-0.4, -0.2) is 44.1 Å². The van der Waals surface area contributed by atoms with Gasteiger partial charge in [-0.15, -0.1) is 0 Å². The molecular weight excluding hydrogens is 424 g/mol. The van der Waals surface area contributed by atoms with E-state index in [0.717, 1.165) is 58.3 Å². The molecular formula is C27H26N6O. The third-order valence-corrected chi connectivity index (χ3v) is 6.59. The zero-order valence-corrected chi connectivity index (χ0v) is 18.8. The molecule has 0 aliphatic carbocycles. The fourth-order valence-electron chi connectivity index (χ4n) is 4.87. The predicted octanol–water partition coefficient (Wildman–Crippen LogP) is 5.34. The molecule has 1 aliphatic heterocycles. The number of hydrogen-bond acceptors (Lipinski definition) is 4. The Morgan fingerprint density at radius 2 is 1.85 bits per heavy atom. The van der Waals surface area contributed by atoms with Crippen LogP contribution in [0.25, 0.3) is 32.9 Å². The number of nitrogens with one attached hydrogen (secondary N) is 3. The van der Waals surface area contributed by atoms with Crippen LogP contribution in [-0.2, 0) is 6.54 Å². The molecule has 0 atom stereocenters. The Balaban J connectivity index is 1.31. The van der Waals surface area contributed by atoms with Crippen molar-refractivity contribution in [2.45, 2.75) is 25.8 Å². The highest BCUT2D eigenvalue weighted by atomic mass is 16.1. The Bertz CT molecular complexity index is 1480. The number of H-pyrrole nitrogens is 2. The van der Waals surface area contributed by atoms with Crippen molar-refractivity contribution in [3.8, 4) is 11.1 Å². The summed E-state index contributed by atoms with van der Waals surface area (Å²) in [5, 5.41) is 12.3. The summed E-state index contributed by atoms with van der Waals surface area (Å²) in [4.78, 5) is 23.6. The first-order valence-electron chi connectivity index (χ1n) is 11.8. The topological polar surface area (TPSA) is 89.7 Å². The number of anilines is 1. The number of hydrogen-bond donors (Lipinski definition) is 3. The number of piperidine rings is 1. The van der Waals surface area contributed by atoms with E-state index < -0.39 is 0 Å². The van der Waals surface area contributed by atoms with Crippen LogP contribution in [0.1, 0.15) is 35.4 Å². The summed E-state index contributed by atoms with van der Waals surface area (Å²) in [5.41, 5.74) is 6.09. The first-order chi connectivity index (χ1) is 16.7. The number of rotatable bonds is 5. The Kier molecular flexibility index (Phi) is 5.31. The minimum Gasteiger partial charge on any atom is -0.361 e. The third-order valence-electron chi connectivity index (χ3n) is 6.59. The summed E-state index contributed by atoms with van der Waals surface area (Å²) in [6, 6.07) is 18.0. The van der Waals surface area contributed by atoms with E-state index in [1.807, 2.05) is 30.5 Å². The lowest BCUT2D eigenvalue weighted by Gasteiger charge is -2.26. The second-order valence-corrected chi connectivity index (χ2v) is 8.90. The van der Waals surface area contributed by atoms with Gasteiger partial charge in [-0.3, -0.25) is 14.8 Å². The number of fused-ring (bicyclic) bond motifs is 2. The van der Waals surface area contributed by atoms with Gasteiger partial charge in [-0.05, 0) is 73.5 Å². The monoisotopic (exact) mass is 450 g/mol. The van der Waals surface area contributed by atoms with Crippen LogP contribution in [0.3, 0.4) is 0 Å². The van der Waals surface area contributed by atoms with Gasteiger partial charge in [0.2, 0.25) is 0 Å². The molecule has 4 heterocycles. The van der Waals surface area contributed by atoms with Gasteiger partial charge >= 0.3 is 0 Å². The zero-order valence-electron chi connectivity index (χ0n) is 18.8. The van der Waals surface area contributed by atoms with Crippen molar-refractivity contribution in [3.05, 3.63) is 78.4 Å². The van der Waals surface area contributed by atoms with Crippen LogP contribution in [0.2, 0.25) is 0 Å². The van der Waals surface area contributed by atoms with Gasteiger partial charge in [-0.2, -0.15) is 5.10 Å². The summed E-state index contributed by atoms with van der Waals surface area (Å²) in [5.74, 6) is -0.222. The molecule has 170 valence electrons. The van der Waals surface area contributed by atoms with Crippen LogP contribution in [0.4, 0.5) is 5.69 Å². The van der Waals surface area contributed by atoms with Crippen molar-refractivity contribution in [2.75, 3.05) is 18.4 Å². The van der Waals surface area contributed by atoms with Gasteiger partial charge in [0, 0.05) is 29.0 Å². The fraction of sp³-hybridized carbons (Fsp3) is 0.222. The largest absolute Gasteiger partial charge is 0.361 e. The van der Waals surface area contributed by atoms with Crippen LogP contribution in [0.15, 0.2) is 67.0 Å². The van der Waals surface area contributed by atoms with E-state index in [9.17, 15) is 4.79 Å². The molecule has 0 bridgehead atoms. The van der Waals surface area contributed by atoms with Crippen molar-refractivity contribution >= 4 is 33.4 Å². The molecule has 1 fully saturated rings. The van der Waals surface area contributed by atoms with E-state index in [1.165, 1.54) is 19.3 Å². The maximum Gasteiger partial charge on any atom is 0.274 e. The van der Waals surface area contributed by atoms with Gasteiger partial charge in [0.25, 0.3) is 5.91 Å². The molecule has 6 rings (SSSR count). The van der Waals surface area contributed by atoms with Crippen molar-refractivity contribution in [1.29, 1.82) is 0 Å². The van der Waals surface area contributed by atoms with Crippen LogP contribution >= 0.6 is 0 Å². The number of amides is 1. The minimum atomic E-state index is -0.222. The number of carbonyl (C=O) groups is 1. The fourth-order valence-corrected chi connectivity index (χ4v) is 4.87. The molecule has 5 aromatic rings. The molecule has 3 aromatic heterocycles. The number of pyridine rings is 1. The highest BCUT2D eigenvalue weighted by Gasteiger charge is 2.16. The molecule has 0 spiro atoms. The lowest BCUT2D eigenvalue weighted by Crippen LogP contribution is -2.29. The Morgan fingerprint density at radius 1 is 0.971 bits per heavy atom. The molecule has 0 saturated carbocycles. The van der Waals surface area contributed by atoms with Crippen LogP contribution in [0.5, 0.6) is 0 Å². The first kappa shape index (κ1) is 20.6. The van der Waals surface area contributed by atoms with Gasteiger partial charge in [0.05, 0.1) is 23.1 Å². The predicted molar refractivity (Wildman–Crippen MR) is 135 cm³/mol. The van der Waals surface area contributed by atoms with E-state index >= 15 is 0 Å². The number of nitrogens with zero attached hydrogens (tertiary/aromatic N) is 3. The maximum atomic E-state index is 13.2. The lowest BCUT2D eigenvalue weighted by molar-refractivity contribution is 0.102. The van der Waals surface area contributed by atoms with Gasteiger partial charge in [0.15, 0.2) is 0 Å². The standard InChI is InChI=1S/C27H26N6O/c34-27(24-9-4-6-19(30-24)17-33-12-2-1-3-13-33)31-25-14-18(15-26-22(25)16-29-32-26)20-7-5-8-23-21(20)10-11-28-23/h4-11,14-16,28H,1-3,12-13,17H2,(H,29,32)(H,31,34). The summed E-state index contributed by atoms with van der Waals surface area (Å²) < 4.78 is 0. The Hall–Kier alpha value is -3.97. The SMILES string of the molecule is O=C(Nc1cc(-c2cccc3[nH]ccc23)cc2[nH]ncc12)c1cccc(CN2CCCCC2)n1. The summed E-state index contributed by atoms with van der Waals surface area (Å²) >= 11 is 0. The smallest absolute Gasteiger partial charge is 0.274 e. The Morgan fingerprint density at radius 3 is 2.76 bits per heavy atom. The average molecular weight is 451 g/mol. The average Bonchev–Trinajstić information content (AvgIpc) is 3.54. The molecule has 3 N–H and O–H groups in total. The lowest BCUT2D eigenvalue weighted by atomic mass is 9.99. The second-order valence-electron chi connectivity index (χ2n) is 8.90. The van der Waals surface area contributed by atoms with Crippen LogP contribution < -0.4 is 5.32 Å². The van der Waals surface area contributed by atoms with Gasteiger partial charge < -0.3 is 10.3 Å². The highest BCUT2D eigenvalue weighted by Crippen LogP contribution is 2.34. The molecule has 0 unspecified atom stereocenters. The summed E-state index contributed by atoms with van der Waals surface area (Å²) in [6.45, 7) is 2.97. The van der Waals surface area contributed by atoms with Crippen LogP contribution in [0, 0.1) is 0 Å². The highest BCUT2D eigenvalue weighted by molar-refractivity contribution is 6.09. The van der Waals surface area contributed by atoms with E-state index in [4.69, 9.17) is 0 Å². The number of aromatic amines is 2. The Labute approximate surface area is 197 Å². The molecule has 1 amide bonds. The molecule has 34 heavy (non-hydrogen) atoms. The number of aromatic nitrogens is 4. The minimum absolute atomic E-state index is 0.222. The van der Waals surface area contributed by atoms with Crippen molar-refractivity contribution in [2.24, 2.45) is 0 Å². The van der Waals surface area contributed by atoms with E-state index in [1.54, 1.807) is 12.3 Å². The van der Waals surface area contributed by atoms with Gasteiger partial charge in [-0.25, -0.2) is 4.98 Å². The second kappa shape index (κ2) is 8.76. The van der Waals surface area contributed by atoms with E-state index in [-0.39, 0.29) is 5.91 Å². The maximum absolute atomic E-state index is 13.2. The van der Waals surface area contributed by atoms with Gasteiger partial charge in [0.1, 0.15) is 5.69 Å². The molecule has 7 nitrogen and oxygen atoms in total. The molecule has 7 heteroatoms. The molecule has 1 saturated heterocycles. The number of likely N-dealkylation sites (tertiary alicyclic amines) is 1. The van der Waals surface area contributed by atoms with Gasteiger partial charge in [-0.1, -0.05) is 24.6 Å². The van der Waals surface area contributed by atoms with E-state index in [0.29, 0.717) is 11.4 Å². The normalized spacial score (nSPS) is 14.6. The number of benzene rings is 2. The van der Waals surface area contributed by atoms with Crippen molar-refractivity contribution in [3.63, 3.8) is 0 Å².